The van der Waals surface area contributed by atoms with Crippen LogP contribution in [0.3, 0.4) is 0 Å². The summed E-state index contributed by atoms with van der Waals surface area (Å²) >= 11 is 1.25. The average Bonchev–Trinajstić information content (AvgIpc) is 3.14. The van der Waals surface area contributed by atoms with Crippen LogP contribution in [0.25, 0.3) is 0 Å². The normalized spacial score (nSPS) is 19.0. The molecule has 2 amide bonds. The fraction of sp³-hybridized carbons (Fsp3) is 0.273. The van der Waals surface area contributed by atoms with Crippen molar-refractivity contribution in [2.45, 2.75) is 24.9 Å². The Balaban J connectivity index is 1.40. The predicted molar refractivity (Wildman–Crippen MR) is 111 cm³/mol. The number of thiazole rings is 1. The number of nitrogens with one attached hydrogen (secondary N) is 1. The van der Waals surface area contributed by atoms with Crippen molar-refractivity contribution < 1.29 is 18.7 Å². The zero-order valence-electron chi connectivity index (χ0n) is 16.1. The van der Waals surface area contributed by atoms with Crippen LogP contribution >= 0.6 is 11.3 Å². The van der Waals surface area contributed by atoms with E-state index < -0.39 is 17.2 Å². The van der Waals surface area contributed by atoms with E-state index in [9.17, 15) is 18.7 Å². The minimum atomic E-state index is -1.08. The molecule has 1 aromatic heterocycles. The van der Waals surface area contributed by atoms with Gasteiger partial charge in [-0.25, -0.2) is 18.6 Å². The molecule has 0 spiro atoms. The molecule has 1 aliphatic rings. The Morgan fingerprint density at radius 3 is 2.67 bits per heavy atom. The van der Waals surface area contributed by atoms with Crippen LogP contribution in [0.4, 0.5) is 18.7 Å². The van der Waals surface area contributed by atoms with Crippen LogP contribution in [0.5, 0.6) is 0 Å². The molecule has 30 heavy (non-hydrogen) atoms. The van der Waals surface area contributed by atoms with Gasteiger partial charge in [-0.15, -0.1) is 11.3 Å². The van der Waals surface area contributed by atoms with Crippen molar-refractivity contribution in [3.05, 3.63) is 82.4 Å². The molecule has 1 fully saturated rings. The molecule has 8 heteroatoms. The summed E-state index contributed by atoms with van der Waals surface area (Å²) in [5, 5.41) is 14.2. The molecule has 0 radical (unpaired) electrons. The van der Waals surface area contributed by atoms with Gasteiger partial charge in [-0.3, -0.25) is 5.32 Å². The van der Waals surface area contributed by atoms with Crippen LogP contribution in [-0.2, 0) is 12.0 Å². The number of rotatable bonds is 4. The number of urea groups is 1. The molecule has 2 heterocycles. The summed E-state index contributed by atoms with van der Waals surface area (Å²) < 4.78 is 26.7. The van der Waals surface area contributed by atoms with Gasteiger partial charge >= 0.3 is 6.03 Å². The van der Waals surface area contributed by atoms with Gasteiger partial charge in [0.2, 0.25) is 0 Å². The Kier molecular flexibility index (Phi) is 5.78. The van der Waals surface area contributed by atoms with Crippen LogP contribution in [0.15, 0.2) is 54.7 Å². The number of piperidine rings is 1. The molecule has 0 aliphatic carbocycles. The first kappa shape index (κ1) is 20.4. The number of hydrogen-bond acceptors (Lipinski definition) is 4. The first-order valence-electron chi connectivity index (χ1n) is 9.65. The second-order valence-corrected chi connectivity index (χ2v) is 8.55. The number of benzene rings is 2. The summed E-state index contributed by atoms with van der Waals surface area (Å²) in [5.41, 5.74) is 0.214. The number of anilines is 1. The van der Waals surface area contributed by atoms with Crippen molar-refractivity contribution in [1.82, 2.24) is 9.88 Å². The number of nitrogens with zero attached hydrogens (tertiary/aromatic N) is 2. The number of β-amino-alcohol motifs (C(OH)–C–C–N with tert-alkyl or cyclic N) is 1. The number of halogens is 2. The highest BCUT2D eigenvalue weighted by Crippen LogP contribution is 2.32. The summed E-state index contributed by atoms with van der Waals surface area (Å²) in [4.78, 5) is 19.3. The quantitative estimate of drug-likeness (QED) is 0.641. The zero-order valence-corrected chi connectivity index (χ0v) is 17.0. The molecule has 1 atom stereocenters. The van der Waals surface area contributed by atoms with Gasteiger partial charge in [0.1, 0.15) is 17.2 Å². The van der Waals surface area contributed by atoms with Crippen LogP contribution < -0.4 is 5.32 Å². The zero-order chi connectivity index (χ0) is 21.1. The molecular weight excluding hydrogens is 408 g/mol. The largest absolute Gasteiger partial charge is 0.383 e. The van der Waals surface area contributed by atoms with Gasteiger partial charge in [0, 0.05) is 30.1 Å². The first-order valence-corrected chi connectivity index (χ1v) is 10.5. The van der Waals surface area contributed by atoms with Crippen molar-refractivity contribution in [2.24, 2.45) is 0 Å². The Labute approximate surface area is 177 Å². The van der Waals surface area contributed by atoms with Crippen LogP contribution in [0, 0.1) is 11.6 Å². The fourth-order valence-electron chi connectivity index (χ4n) is 3.73. The Bertz CT molecular complexity index is 1020. The van der Waals surface area contributed by atoms with Gasteiger partial charge in [-0.2, -0.15) is 0 Å². The van der Waals surface area contributed by atoms with Crippen molar-refractivity contribution in [1.29, 1.82) is 0 Å². The van der Waals surface area contributed by atoms with Gasteiger partial charge in [0.25, 0.3) is 0 Å². The summed E-state index contributed by atoms with van der Waals surface area (Å²) in [5.74, 6) is -1.25. The molecule has 1 unspecified atom stereocenters. The topological polar surface area (TPSA) is 65.5 Å². The second-order valence-electron chi connectivity index (χ2n) is 7.44. The van der Waals surface area contributed by atoms with E-state index in [1.807, 2.05) is 30.3 Å². The summed E-state index contributed by atoms with van der Waals surface area (Å²) in [6.45, 7) is 0.741. The lowest BCUT2D eigenvalue weighted by atomic mass is 9.86. The summed E-state index contributed by atoms with van der Waals surface area (Å²) in [7, 11) is 0. The molecule has 2 aromatic carbocycles. The molecular formula is C22H21F2N3O2S. The monoisotopic (exact) mass is 429 g/mol. The third-order valence-corrected chi connectivity index (χ3v) is 6.05. The Hall–Kier alpha value is -2.84. The predicted octanol–water partition coefficient (Wildman–Crippen LogP) is 4.53. The maximum absolute atomic E-state index is 13.4. The SMILES string of the molecule is O=C(Nc1ncc(Cc2cc(F)cc(F)c2)s1)N1CCCC(O)(c2ccccc2)C1. The third-order valence-electron chi connectivity index (χ3n) is 5.14. The maximum atomic E-state index is 13.4. The van der Waals surface area contributed by atoms with E-state index in [0.29, 0.717) is 36.5 Å². The molecule has 156 valence electrons. The number of aliphatic hydroxyl groups is 1. The molecule has 5 nitrogen and oxygen atoms in total. The number of carbonyl (C=O) groups is 1. The lowest BCUT2D eigenvalue weighted by Gasteiger charge is -2.39. The van der Waals surface area contributed by atoms with Crippen LogP contribution in [0.2, 0.25) is 0 Å². The molecule has 4 rings (SSSR count). The van der Waals surface area contributed by atoms with Crippen molar-refractivity contribution in [2.75, 3.05) is 18.4 Å². The van der Waals surface area contributed by atoms with Crippen molar-refractivity contribution in [3.63, 3.8) is 0 Å². The van der Waals surface area contributed by atoms with Crippen LogP contribution in [0.1, 0.15) is 28.8 Å². The molecule has 1 aliphatic heterocycles. The van der Waals surface area contributed by atoms with E-state index in [-0.39, 0.29) is 12.6 Å². The van der Waals surface area contributed by atoms with Gasteiger partial charge in [0.05, 0.1) is 6.54 Å². The fourth-order valence-corrected chi connectivity index (χ4v) is 4.56. The highest BCUT2D eigenvalue weighted by Gasteiger charge is 2.36. The second kappa shape index (κ2) is 8.49. The molecule has 0 saturated carbocycles. The summed E-state index contributed by atoms with van der Waals surface area (Å²) in [6, 6.07) is 12.4. The number of aromatic nitrogens is 1. The molecule has 2 N–H and O–H groups in total. The minimum absolute atomic E-state index is 0.198. The Morgan fingerprint density at radius 1 is 1.20 bits per heavy atom. The highest BCUT2D eigenvalue weighted by atomic mass is 32.1. The lowest BCUT2D eigenvalue weighted by molar-refractivity contribution is -0.0214. The minimum Gasteiger partial charge on any atom is -0.383 e. The molecule has 1 saturated heterocycles. The van der Waals surface area contributed by atoms with E-state index in [1.54, 1.807) is 11.1 Å². The van der Waals surface area contributed by atoms with E-state index in [1.165, 1.54) is 23.5 Å². The van der Waals surface area contributed by atoms with Gasteiger partial charge in [-0.1, -0.05) is 30.3 Å². The van der Waals surface area contributed by atoms with Crippen LogP contribution in [-0.4, -0.2) is 34.1 Å². The average molecular weight is 429 g/mol. The van der Waals surface area contributed by atoms with E-state index in [2.05, 4.69) is 10.3 Å². The Morgan fingerprint density at radius 2 is 1.93 bits per heavy atom. The molecule has 0 bridgehead atoms. The lowest BCUT2D eigenvalue weighted by Crippen LogP contribution is -2.49. The molecule has 3 aromatic rings. The number of hydrogen-bond donors (Lipinski definition) is 2. The van der Waals surface area contributed by atoms with Crippen molar-refractivity contribution >= 4 is 22.5 Å². The van der Waals surface area contributed by atoms with Gasteiger partial charge in [0.15, 0.2) is 5.13 Å². The number of carbonyl (C=O) groups excluding carboxylic acids is 1. The summed E-state index contributed by atoms with van der Waals surface area (Å²) in [6.07, 6.45) is 3.18. The van der Waals surface area contributed by atoms with E-state index in [0.717, 1.165) is 16.5 Å². The number of amides is 2. The van der Waals surface area contributed by atoms with Crippen molar-refractivity contribution in [3.8, 4) is 0 Å². The van der Waals surface area contributed by atoms with E-state index in [4.69, 9.17) is 0 Å². The first-order chi connectivity index (χ1) is 14.4. The van der Waals surface area contributed by atoms with E-state index >= 15 is 0 Å². The standard InChI is InChI=1S/C22H21F2N3O2S/c23-17-9-15(10-18(24)12-17)11-19-13-25-20(30-19)26-21(28)27-8-4-7-22(29,14-27)16-5-2-1-3-6-16/h1-3,5-6,9-10,12-13,29H,4,7-8,11,14H2,(H,25,26,28). The van der Waals surface area contributed by atoms with Gasteiger partial charge in [-0.05, 0) is 36.1 Å². The smallest absolute Gasteiger partial charge is 0.323 e. The van der Waals surface area contributed by atoms with Gasteiger partial charge < -0.3 is 10.0 Å². The third kappa shape index (κ3) is 4.66. The highest BCUT2D eigenvalue weighted by molar-refractivity contribution is 7.15. The maximum Gasteiger partial charge on any atom is 0.323 e. The number of likely N-dealkylation sites (tertiary alicyclic amines) is 1.